The van der Waals surface area contributed by atoms with Gasteiger partial charge in [0.1, 0.15) is 23.2 Å². The van der Waals surface area contributed by atoms with Crippen LogP contribution in [0.2, 0.25) is 5.82 Å². The number of ether oxygens (including phenoxy) is 2. The van der Waals surface area contributed by atoms with Crippen LogP contribution in [0.25, 0.3) is 0 Å². The smallest absolute Gasteiger partial charge is 0.526 e. The molecule has 5 rings (SSSR count). The van der Waals surface area contributed by atoms with E-state index in [9.17, 15) is 19.7 Å². The summed E-state index contributed by atoms with van der Waals surface area (Å²) in [5.41, 5.74) is 6.34. The lowest BCUT2D eigenvalue weighted by Gasteiger charge is -2.40. The summed E-state index contributed by atoms with van der Waals surface area (Å²) in [6.07, 6.45) is 0.601. The molecule has 0 aromatic heterocycles. The van der Waals surface area contributed by atoms with Crippen molar-refractivity contribution < 1.29 is 33.8 Å². The third-order valence-corrected chi connectivity index (χ3v) is 6.56. The molecule has 31 heavy (non-hydrogen) atoms. The molecule has 10 nitrogen and oxygen atoms in total. The Kier molecular flexibility index (Phi) is 5.29. The fraction of sp³-hybridized carbons (Fsp3) is 0.600. The SMILES string of the molecule is NCC1COC(CC(=O)N2CC(Oc3ccc4c(c3C(=O)O)OB(O)[C@@H]3CC43)C2)CN1. The molecule has 1 aliphatic carbocycles. The number of amides is 1. The number of hydrogen-bond donors (Lipinski definition) is 4. The van der Waals surface area contributed by atoms with Gasteiger partial charge in [-0.1, -0.05) is 6.07 Å². The van der Waals surface area contributed by atoms with Crippen LogP contribution in [0.4, 0.5) is 0 Å². The standard InChI is InChI=1S/C20H26BN3O7/c22-5-10-9-29-11(6-23-10)3-17(25)24-7-12(8-24)30-16-2-1-13-14-4-15(14)21(28)31-19(13)18(16)20(26)27/h1-2,10-12,14-15,23,28H,3-9,22H2,(H,26,27)/t10?,11?,14?,15-/m1/s1. The molecule has 1 aromatic rings. The Morgan fingerprint density at radius 1 is 1.35 bits per heavy atom. The van der Waals surface area contributed by atoms with Crippen molar-refractivity contribution in [2.75, 3.05) is 32.8 Å². The Morgan fingerprint density at radius 3 is 2.84 bits per heavy atom. The highest BCUT2D eigenvalue weighted by atomic mass is 16.5. The van der Waals surface area contributed by atoms with E-state index in [-0.39, 0.29) is 59.4 Å². The second kappa shape index (κ2) is 7.97. The molecule has 3 heterocycles. The summed E-state index contributed by atoms with van der Waals surface area (Å²) in [6, 6.07) is 3.60. The van der Waals surface area contributed by atoms with Crippen LogP contribution >= 0.6 is 0 Å². The van der Waals surface area contributed by atoms with E-state index >= 15 is 0 Å². The summed E-state index contributed by atoms with van der Waals surface area (Å²) in [4.78, 5) is 26.1. The molecule has 4 atom stereocenters. The molecule has 3 aliphatic heterocycles. The molecule has 4 aliphatic rings. The minimum absolute atomic E-state index is 0.0204. The first-order chi connectivity index (χ1) is 14.9. The zero-order valence-corrected chi connectivity index (χ0v) is 17.0. The fourth-order valence-electron chi connectivity index (χ4n) is 4.57. The van der Waals surface area contributed by atoms with Gasteiger partial charge in [0.25, 0.3) is 0 Å². The summed E-state index contributed by atoms with van der Waals surface area (Å²) < 4.78 is 17.1. The molecule has 2 saturated heterocycles. The average molecular weight is 431 g/mol. The quantitative estimate of drug-likeness (QED) is 0.435. The fourth-order valence-corrected chi connectivity index (χ4v) is 4.57. The van der Waals surface area contributed by atoms with E-state index in [1.807, 2.05) is 6.07 Å². The minimum Gasteiger partial charge on any atom is -0.535 e. The number of nitrogens with zero attached hydrogens (tertiary/aromatic N) is 1. The van der Waals surface area contributed by atoms with Crippen LogP contribution in [-0.2, 0) is 9.53 Å². The second-order valence-corrected chi connectivity index (χ2v) is 8.72. The number of likely N-dealkylation sites (tertiary alicyclic amines) is 1. The summed E-state index contributed by atoms with van der Waals surface area (Å²) in [7, 11) is -0.987. The Bertz CT molecular complexity index is 886. The van der Waals surface area contributed by atoms with Gasteiger partial charge in [-0.05, 0) is 24.0 Å². The zero-order valence-electron chi connectivity index (χ0n) is 17.0. The van der Waals surface area contributed by atoms with E-state index in [2.05, 4.69) is 5.32 Å². The Hall–Kier alpha value is -2.34. The molecule has 1 saturated carbocycles. The van der Waals surface area contributed by atoms with E-state index in [1.165, 1.54) is 0 Å². The largest absolute Gasteiger partial charge is 0.535 e. The van der Waals surface area contributed by atoms with Crippen LogP contribution in [0.15, 0.2) is 12.1 Å². The monoisotopic (exact) mass is 431 g/mol. The summed E-state index contributed by atoms with van der Waals surface area (Å²) in [5.74, 6) is -0.615. The van der Waals surface area contributed by atoms with E-state index in [0.717, 1.165) is 12.0 Å². The highest BCUT2D eigenvalue weighted by Crippen LogP contribution is 2.60. The first-order valence-electron chi connectivity index (χ1n) is 10.7. The van der Waals surface area contributed by atoms with E-state index in [0.29, 0.717) is 32.8 Å². The Balaban J connectivity index is 1.18. The van der Waals surface area contributed by atoms with Gasteiger partial charge in [-0.25, -0.2) is 4.79 Å². The van der Waals surface area contributed by atoms with Gasteiger partial charge in [0.2, 0.25) is 5.91 Å². The molecule has 5 N–H and O–H groups in total. The maximum atomic E-state index is 12.5. The van der Waals surface area contributed by atoms with Crippen molar-refractivity contribution in [1.82, 2.24) is 10.2 Å². The van der Waals surface area contributed by atoms with Gasteiger partial charge in [-0.2, -0.15) is 0 Å². The number of carbonyl (C=O) groups excluding carboxylic acids is 1. The first kappa shape index (κ1) is 20.6. The van der Waals surface area contributed by atoms with Crippen LogP contribution in [0.3, 0.4) is 0 Å². The van der Waals surface area contributed by atoms with Gasteiger partial charge >= 0.3 is 13.1 Å². The number of nitrogens with two attached hydrogens (primary N) is 1. The molecule has 166 valence electrons. The molecule has 0 radical (unpaired) electrons. The van der Waals surface area contributed by atoms with Crippen molar-refractivity contribution in [2.24, 2.45) is 5.73 Å². The lowest BCUT2D eigenvalue weighted by molar-refractivity contribution is -0.143. The van der Waals surface area contributed by atoms with Gasteiger partial charge < -0.3 is 40.2 Å². The van der Waals surface area contributed by atoms with Gasteiger partial charge in [-0.3, -0.25) is 4.79 Å². The van der Waals surface area contributed by atoms with Gasteiger partial charge in [-0.15, -0.1) is 0 Å². The molecular formula is C20H26BN3O7. The van der Waals surface area contributed by atoms with Crippen LogP contribution in [0, 0.1) is 0 Å². The number of rotatable bonds is 6. The van der Waals surface area contributed by atoms with Gasteiger partial charge in [0.15, 0.2) is 0 Å². The lowest BCUT2D eigenvalue weighted by Crippen LogP contribution is -2.57. The first-order valence-corrected chi connectivity index (χ1v) is 10.7. The number of nitrogens with one attached hydrogen (secondary N) is 1. The minimum atomic E-state index is -1.16. The van der Waals surface area contributed by atoms with Crippen LogP contribution in [-0.4, -0.2) is 85.1 Å². The summed E-state index contributed by atoms with van der Waals surface area (Å²) >= 11 is 0. The molecule has 1 amide bonds. The van der Waals surface area contributed by atoms with Crippen molar-refractivity contribution in [2.45, 2.75) is 42.8 Å². The highest BCUT2D eigenvalue weighted by molar-refractivity contribution is 6.48. The number of fused-ring (bicyclic) bond motifs is 3. The molecule has 11 heteroatoms. The van der Waals surface area contributed by atoms with E-state index < -0.39 is 13.1 Å². The van der Waals surface area contributed by atoms with Crippen molar-refractivity contribution in [3.8, 4) is 11.5 Å². The highest BCUT2D eigenvalue weighted by Gasteiger charge is 2.54. The third kappa shape index (κ3) is 3.86. The Labute approximate surface area is 179 Å². The summed E-state index contributed by atoms with van der Waals surface area (Å²) in [6.45, 7) is 2.35. The maximum Gasteiger partial charge on any atom is 0.526 e. The van der Waals surface area contributed by atoms with Crippen molar-refractivity contribution in [1.29, 1.82) is 0 Å². The topological polar surface area (TPSA) is 144 Å². The molecular weight excluding hydrogens is 405 g/mol. The van der Waals surface area contributed by atoms with Gasteiger partial charge in [0.05, 0.1) is 32.2 Å². The molecule has 3 unspecified atom stereocenters. The van der Waals surface area contributed by atoms with Crippen LogP contribution in [0.1, 0.15) is 34.7 Å². The molecule has 1 aromatic carbocycles. The van der Waals surface area contributed by atoms with Crippen molar-refractivity contribution >= 4 is 19.0 Å². The number of carboxylic acid groups (broad SMARTS) is 1. The van der Waals surface area contributed by atoms with E-state index in [4.69, 9.17) is 19.9 Å². The maximum absolute atomic E-state index is 12.5. The van der Waals surface area contributed by atoms with Crippen molar-refractivity contribution in [3.63, 3.8) is 0 Å². The predicted octanol–water partition coefficient (Wildman–Crippen LogP) is -0.589. The van der Waals surface area contributed by atoms with Crippen molar-refractivity contribution in [3.05, 3.63) is 23.3 Å². The second-order valence-electron chi connectivity index (χ2n) is 8.72. The molecule has 3 fully saturated rings. The number of carboxylic acids is 1. The summed E-state index contributed by atoms with van der Waals surface area (Å²) in [5, 5.41) is 23.0. The third-order valence-electron chi connectivity index (χ3n) is 6.56. The predicted molar refractivity (Wildman–Crippen MR) is 109 cm³/mol. The van der Waals surface area contributed by atoms with E-state index in [1.54, 1.807) is 11.0 Å². The van der Waals surface area contributed by atoms with Crippen LogP contribution < -0.4 is 20.4 Å². The number of carbonyl (C=O) groups is 2. The zero-order chi connectivity index (χ0) is 21.7. The molecule has 0 bridgehead atoms. The lowest BCUT2D eigenvalue weighted by atomic mass is 9.77. The Morgan fingerprint density at radius 2 is 2.16 bits per heavy atom. The van der Waals surface area contributed by atoms with Crippen LogP contribution in [0.5, 0.6) is 11.5 Å². The normalized spacial score (nSPS) is 29.4. The number of hydrogen-bond acceptors (Lipinski definition) is 8. The average Bonchev–Trinajstić information content (AvgIpc) is 3.52. The number of aromatic carboxylic acids is 1. The van der Waals surface area contributed by atoms with Gasteiger partial charge in [0, 0.05) is 24.9 Å². The molecule has 0 spiro atoms. The number of morpholine rings is 1. The number of benzene rings is 1.